The van der Waals surface area contributed by atoms with Gasteiger partial charge < -0.3 is 0 Å². The molecule has 0 N–H and O–H groups in total. The third-order valence-corrected chi connectivity index (χ3v) is 6.79. The molecule has 2 fully saturated rings. The number of hydrogen-bond acceptors (Lipinski definition) is 0. The summed E-state index contributed by atoms with van der Waals surface area (Å²) in [6.07, 6.45) is 11.1. The fraction of sp³-hybridized carbons (Fsp3) is 1.00. The summed E-state index contributed by atoms with van der Waals surface area (Å²) in [5.41, 5.74) is 3.38. The van der Waals surface area contributed by atoms with E-state index in [4.69, 9.17) is 0 Å². The molecule has 2 saturated carbocycles. The van der Waals surface area contributed by atoms with Crippen molar-refractivity contribution in [2.45, 2.75) is 55.4 Å². The Balaban J connectivity index is 0.000000720. The maximum Gasteiger partial charge on any atom is -0.147 e. The van der Waals surface area contributed by atoms with Crippen molar-refractivity contribution in [2.24, 2.45) is 5.41 Å². The summed E-state index contributed by atoms with van der Waals surface area (Å²) in [5, 5.41) is 0. The van der Waals surface area contributed by atoms with Gasteiger partial charge in [0.15, 0.2) is 0 Å². The predicted octanol–water partition coefficient (Wildman–Crippen LogP) is 3.43. The van der Waals surface area contributed by atoms with Crippen LogP contribution in [0.15, 0.2) is 0 Å². The van der Waals surface area contributed by atoms with Gasteiger partial charge in [-0.25, -0.2) is 0 Å². The van der Waals surface area contributed by atoms with E-state index >= 15 is 0 Å². The zero-order chi connectivity index (χ0) is 7.73. The second-order valence-corrected chi connectivity index (χ2v) is 7.34. The summed E-state index contributed by atoms with van der Waals surface area (Å²) in [4.78, 5) is 0. The van der Waals surface area contributed by atoms with Crippen LogP contribution >= 0.6 is 12.4 Å². The SMILES string of the molecule is C[AsH]C1CCC2(CCC2)CC1.Cl. The standard InChI is InChI=1S/C10H19As.ClH/c1-11-9-3-7-10(8-4-9)5-2-6-10;/h9,11H,2-8H2,1H3;1H. The van der Waals surface area contributed by atoms with Gasteiger partial charge in [-0.15, -0.1) is 12.4 Å². The smallest absolute Gasteiger partial charge is 0.147 e. The largest absolute Gasteiger partial charge is 0.147 e. The van der Waals surface area contributed by atoms with Crippen LogP contribution in [-0.2, 0) is 0 Å². The van der Waals surface area contributed by atoms with Crippen LogP contribution in [0.1, 0.15) is 44.9 Å². The molecule has 2 aliphatic rings. The molecule has 2 rings (SSSR count). The van der Waals surface area contributed by atoms with Gasteiger partial charge in [0, 0.05) is 0 Å². The Morgan fingerprint density at radius 1 is 1.08 bits per heavy atom. The van der Waals surface area contributed by atoms with Gasteiger partial charge in [-0.2, -0.15) is 0 Å². The molecule has 0 aliphatic heterocycles. The Morgan fingerprint density at radius 2 is 1.67 bits per heavy atom. The van der Waals surface area contributed by atoms with Crippen molar-refractivity contribution < 1.29 is 0 Å². The summed E-state index contributed by atoms with van der Waals surface area (Å²) in [6, 6.07) is 0. The topological polar surface area (TPSA) is 0 Å². The van der Waals surface area contributed by atoms with E-state index in [1.807, 2.05) is 0 Å². The molecule has 0 aromatic heterocycles. The first kappa shape index (κ1) is 10.9. The second-order valence-electron chi connectivity index (χ2n) is 4.42. The monoisotopic (exact) mass is 250 g/mol. The summed E-state index contributed by atoms with van der Waals surface area (Å²) in [5.74, 6) is 0. The molecule has 0 aromatic carbocycles. The molecule has 1 atom stereocenters. The molecule has 0 nitrogen and oxygen atoms in total. The molecule has 2 aliphatic carbocycles. The zero-order valence-electron chi connectivity index (χ0n) is 7.94. The third-order valence-electron chi connectivity index (χ3n) is 3.87. The van der Waals surface area contributed by atoms with Gasteiger partial charge >= 0.3 is 76.5 Å². The van der Waals surface area contributed by atoms with Gasteiger partial charge in [-0.1, -0.05) is 0 Å². The average molecular weight is 251 g/mol. The summed E-state index contributed by atoms with van der Waals surface area (Å²) in [7, 11) is 0. The molecule has 0 radical (unpaired) electrons. The number of hydrogen-bond donors (Lipinski definition) is 0. The van der Waals surface area contributed by atoms with Crippen molar-refractivity contribution in [2.75, 3.05) is 0 Å². The van der Waals surface area contributed by atoms with E-state index in [-0.39, 0.29) is 12.4 Å². The van der Waals surface area contributed by atoms with Gasteiger partial charge in [0.2, 0.25) is 0 Å². The van der Waals surface area contributed by atoms with Gasteiger partial charge in [0.1, 0.15) is 0 Å². The molecular weight excluding hydrogens is 230 g/mol. The first-order valence-electron chi connectivity index (χ1n) is 5.02. The van der Waals surface area contributed by atoms with E-state index in [1.54, 1.807) is 38.5 Å². The minimum Gasteiger partial charge on any atom is -0.147 e. The van der Waals surface area contributed by atoms with E-state index in [0.717, 1.165) is 5.41 Å². The van der Waals surface area contributed by atoms with E-state index < -0.39 is 0 Å². The molecule has 12 heavy (non-hydrogen) atoms. The maximum atomic E-state index is 2.48. The van der Waals surface area contributed by atoms with Crippen LogP contribution in [0.5, 0.6) is 0 Å². The normalized spacial score (nSPS) is 28.8. The zero-order valence-corrected chi connectivity index (χ0v) is 10.8. The van der Waals surface area contributed by atoms with Crippen molar-refractivity contribution >= 4 is 28.2 Å². The molecule has 0 amide bonds. The van der Waals surface area contributed by atoms with Crippen LogP contribution in [0.3, 0.4) is 0 Å². The number of halogens is 1. The van der Waals surface area contributed by atoms with Crippen molar-refractivity contribution in [1.29, 1.82) is 0 Å². The summed E-state index contributed by atoms with van der Waals surface area (Å²) >= 11 is 0.445. The van der Waals surface area contributed by atoms with Crippen LogP contribution in [0, 0.1) is 5.41 Å². The van der Waals surface area contributed by atoms with E-state index in [2.05, 4.69) is 5.71 Å². The van der Waals surface area contributed by atoms with Crippen LogP contribution in [0.25, 0.3) is 0 Å². The summed E-state index contributed by atoms with van der Waals surface area (Å²) < 4.78 is 1.21. The first-order valence-corrected chi connectivity index (χ1v) is 8.33. The molecule has 0 saturated heterocycles. The Morgan fingerprint density at radius 3 is 2.00 bits per heavy atom. The van der Waals surface area contributed by atoms with Crippen molar-refractivity contribution in [3.8, 4) is 0 Å². The van der Waals surface area contributed by atoms with Crippen molar-refractivity contribution in [3.63, 3.8) is 0 Å². The minimum atomic E-state index is 0. The third kappa shape index (κ3) is 2.02. The average Bonchev–Trinajstić information content (AvgIpc) is 2.02. The van der Waals surface area contributed by atoms with E-state index in [1.165, 1.54) is 11.1 Å². The molecule has 0 aromatic rings. The Kier molecular flexibility index (Phi) is 3.99. The molecular formula is C10H20AsCl. The van der Waals surface area contributed by atoms with Crippen LogP contribution in [0.4, 0.5) is 0 Å². The Hall–Kier alpha value is 0.848. The predicted molar refractivity (Wildman–Crippen MR) is 58.8 cm³/mol. The van der Waals surface area contributed by atoms with E-state index in [9.17, 15) is 0 Å². The molecule has 72 valence electrons. The van der Waals surface area contributed by atoms with Crippen LogP contribution in [0.2, 0.25) is 10.4 Å². The van der Waals surface area contributed by atoms with Gasteiger partial charge in [0.25, 0.3) is 0 Å². The molecule has 0 heterocycles. The quantitative estimate of drug-likeness (QED) is 0.626. The molecule has 2 heteroatoms. The van der Waals surface area contributed by atoms with Crippen molar-refractivity contribution in [1.82, 2.24) is 0 Å². The summed E-state index contributed by atoms with van der Waals surface area (Å²) in [6.45, 7) is 0. The van der Waals surface area contributed by atoms with Crippen molar-refractivity contribution in [3.05, 3.63) is 0 Å². The number of rotatable bonds is 1. The van der Waals surface area contributed by atoms with Gasteiger partial charge in [-0.3, -0.25) is 0 Å². The van der Waals surface area contributed by atoms with Crippen LogP contribution < -0.4 is 0 Å². The Bertz CT molecular complexity index is 133. The Labute approximate surface area is 89.0 Å². The molecule has 0 bridgehead atoms. The second kappa shape index (κ2) is 4.38. The molecule has 1 spiro atoms. The van der Waals surface area contributed by atoms with E-state index in [0.29, 0.717) is 15.8 Å². The first-order chi connectivity index (χ1) is 5.35. The minimum absolute atomic E-state index is 0. The maximum absolute atomic E-state index is 2.48. The fourth-order valence-corrected chi connectivity index (χ4v) is 4.51. The molecule has 1 unspecified atom stereocenters. The fourth-order valence-electron chi connectivity index (χ4n) is 2.70. The van der Waals surface area contributed by atoms with Crippen LogP contribution in [-0.4, -0.2) is 15.8 Å². The van der Waals surface area contributed by atoms with Gasteiger partial charge in [-0.05, 0) is 0 Å². The van der Waals surface area contributed by atoms with Gasteiger partial charge in [0.05, 0.1) is 0 Å².